The Bertz CT molecular complexity index is 989. The molecule has 0 radical (unpaired) electrons. The van der Waals surface area contributed by atoms with Gasteiger partial charge in [-0.15, -0.1) is 0 Å². The van der Waals surface area contributed by atoms with E-state index in [1.54, 1.807) is 25.5 Å². The van der Waals surface area contributed by atoms with Crippen molar-refractivity contribution < 1.29 is 9.53 Å². The second-order valence-electron chi connectivity index (χ2n) is 6.68. The topological polar surface area (TPSA) is 85.2 Å². The smallest absolute Gasteiger partial charge is 0.327 e. The lowest BCUT2D eigenvalue weighted by Crippen LogP contribution is -2.13. The zero-order chi connectivity index (χ0) is 20.8. The summed E-state index contributed by atoms with van der Waals surface area (Å²) >= 11 is 6.29. The molecule has 152 valence electrons. The number of nitrogens with zero attached hydrogens (tertiary/aromatic N) is 5. The fraction of sp³-hybridized carbons (Fsp3) is 0.300. The van der Waals surface area contributed by atoms with Crippen LogP contribution in [0.1, 0.15) is 12.5 Å². The summed E-state index contributed by atoms with van der Waals surface area (Å²) in [6.07, 6.45) is 4.85. The van der Waals surface area contributed by atoms with Gasteiger partial charge in [0.1, 0.15) is 6.54 Å². The van der Waals surface area contributed by atoms with E-state index in [0.717, 1.165) is 12.2 Å². The van der Waals surface area contributed by atoms with Gasteiger partial charge in [0.05, 0.1) is 29.7 Å². The Morgan fingerprint density at radius 2 is 2.14 bits per heavy atom. The van der Waals surface area contributed by atoms with Gasteiger partial charge < -0.3 is 15.0 Å². The maximum absolute atomic E-state index is 11.6. The highest BCUT2D eigenvalue weighted by Crippen LogP contribution is 2.27. The van der Waals surface area contributed by atoms with Crippen molar-refractivity contribution in [3.8, 4) is 11.3 Å². The summed E-state index contributed by atoms with van der Waals surface area (Å²) in [5.74, 6) is 0.0699. The third-order valence-electron chi connectivity index (χ3n) is 3.93. The molecule has 0 atom stereocenters. The van der Waals surface area contributed by atoms with Gasteiger partial charge in [0.15, 0.2) is 0 Å². The van der Waals surface area contributed by atoms with Gasteiger partial charge in [0, 0.05) is 24.0 Å². The first-order valence-electron chi connectivity index (χ1n) is 9.16. The summed E-state index contributed by atoms with van der Waals surface area (Å²) in [7, 11) is 4.05. The molecule has 8 nitrogen and oxygen atoms in total. The molecule has 3 aromatic rings. The molecule has 0 bridgehead atoms. The Hall–Kier alpha value is -2.97. The molecule has 29 heavy (non-hydrogen) atoms. The Balaban J connectivity index is 1.78. The Labute approximate surface area is 174 Å². The number of esters is 1. The number of nitrogens with one attached hydrogen (secondary N) is 1. The van der Waals surface area contributed by atoms with E-state index in [4.69, 9.17) is 16.3 Å². The molecule has 0 saturated heterocycles. The van der Waals surface area contributed by atoms with Crippen molar-refractivity contribution in [3.05, 3.63) is 53.4 Å². The van der Waals surface area contributed by atoms with Crippen molar-refractivity contribution in [2.45, 2.75) is 20.0 Å². The van der Waals surface area contributed by atoms with Crippen LogP contribution in [0.15, 0.2) is 42.9 Å². The first kappa shape index (κ1) is 20.8. The van der Waals surface area contributed by atoms with E-state index in [2.05, 4.69) is 37.4 Å². The predicted octanol–water partition coefficient (Wildman–Crippen LogP) is 3.36. The summed E-state index contributed by atoms with van der Waals surface area (Å²) in [6.45, 7) is 2.95. The van der Waals surface area contributed by atoms with E-state index in [1.807, 2.05) is 26.2 Å². The van der Waals surface area contributed by atoms with Crippen LogP contribution in [0.4, 0.5) is 11.6 Å². The van der Waals surface area contributed by atoms with Crippen LogP contribution in [0.25, 0.3) is 11.3 Å². The van der Waals surface area contributed by atoms with E-state index >= 15 is 0 Å². The molecule has 0 spiro atoms. The number of benzene rings is 1. The van der Waals surface area contributed by atoms with Crippen LogP contribution in [0.3, 0.4) is 0 Å². The maximum Gasteiger partial charge on any atom is 0.327 e. The summed E-state index contributed by atoms with van der Waals surface area (Å²) < 4.78 is 6.43. The second kappa shape index (κ2) is 9.49. The first-order valence-corrected chi connectivity index (χ1v) is 9.54. The van der Waals surface area contributed by atoms with E-state index in [1.165, 1.54) is 10.2 Å². The molecule has 9 heteroatoms. The third kappa shape index (κ3) is 5.75. The summed E-state index contributed by atoms with van der Waals surface area (Å²) in [5, 5.41) is 7.79. The fourth-order valence-electron chi connectivity index (χ4n) is 2.78. The average molecular weight is 415 g/mol. The summed E-state index contributed by atoms with van der Waals surface area (Å²) in [6, 6.07) is 8.05. The zero-order valence-electron chi connectivity index (χ0n) is 16.6. The second-order valence-corrected chi connectivity index (χ2v) is 7.09. The molecule has 0 saturated carbocycles. The zero-order valence-corrected chi connectivity index (χ0v) is 17.3. The first-order chi connectivity index (χ1) is 13.9. The lowest BCUT2D eigenvalue weighted by atomic mass is 10.2. The molecule has 0 amide bonds. The molecule has 2 heterocycles. The molecule has 1 aromatic carbocycles. The van der Waals surface area contributed by atoms with Crippen LogP contribution in [-0.2, 0) is 22.6 Å². The standard InChI is InChI=1S/C20H23ClN6O2/c1-4-29-18(28)13-27-12-15(9-23-27)19-17(21)10-22-20(25-19)24-16-7-5-6-14(8-16)11-26(2)3/h5-10,12H,4,11,13H2,1-3H3,(H,22,24,25). The van der Waals surface area contributed by atoms with Crippen molar-refractivity contribution in [1.82, 2.24) is 24.6 Å². The van der Waals surface area contributed by atoms with Crippen molar-refractivity contribution in [2.75, 3.05) is 26.0 Å². The number of carbonyl (C=O) groups is 1. The van der Waals surface area contributed by atoms with Gasteiger partial charge in [-0.3, -0.25) is 9.48 Å². The SMILES string of the molecule is CCOC(=O)Cn1cc(-c2nc(Nc3cccc(CN(C)C)c3)ncc2Cl)cn1. The number of aromatic nitrogens is 4. The lowest BCUT2D eigenvalue weighted by Gasteiger charge is -2.12. The van der Waals surface area contributed by atoms with E-state index in [9.17, 15) is 4.79 Å². The van der Waals surface area contributed by atoms with Gasteiger partial charge in [0.25, 0.3) is 0 Å². The van der Waals surface area contributed by atoms with Crippen molar-refractivity contribution >= 4 is 29.2 Å². The summed E-state index contributed by atoms with van der Waals surface area (Å²) in [4.78, 5) is 22.5. The monoisotopic (exact) mass is 414 g/mol. The summed E-state index contributed by atoms with van der Waals surface area (Å²) in [5.41, 5.74) is 3.28. The van der Waals surface area contributed by atoms with E-state index < -0.39 is 0 Å². The molecule has 0 unspecified atom stereocenters. The highest BCUT2D eigenvalue weighted by molar-refractivity contribution is 6.32. The molecule has 0 aliphatic carbocycles. The normalized spacial score (nSPS) is 10.9. The number of hydrogen-bond donors (Lipinski definition) is 1. The maximum atomic E-state index is 11.6. The predicted molar refractivity (Wildman–Crippen MR) is 112 cm³/mol. The van der Waals surface area contributed by atoms with Crippen LogP contribution >= 0.6 is 11.6 Å². The quantitative estimate of drug-likeness (QED) is 0.565. The molecule has 0 fully saturated rings. The van der Waals surface area contributed by atoms with Crippen LogP contribution < -0.4 is 5.32 Å². The Kier molecular flexibility index (Phi) is 6.79. The minimum absolute atomic E-state index is 0.0281. The number of hydrogen-bond acceptors (Lipinski definition) is 7. The van der Waals surface area contributed by atoms with Gasteiger partial charge in [-0.05, 0) is 38.7 Å². The molecule has 1 N–H and O–H groups in total. The fourth-order valence-corrected chi connectivity index (χ4v) is 2.98. The number of anilines is 2. The van der Waals surface area contributed by atoms with Crippen LogP contribution in [-0.4, -0.2) is 51.3 Å². The molecular weight excluding hydrogens is 392 g/mol. The molecule has 2 aromatic heterocycles. The van der Waals surface area contributed by atoms with Gasteiger partial charge >= 0.3 is 5.97 Å². The van der Waals surface area contributed by atoms with Gasteiger partial charge in [0.2, 0.25) is 5.95 Å². The van der Waals surface area contributed by atoms with Crippen LogP contribution in [0, 0.1) is 0 Å². The highest BCUT2D eigenvalue weighted by Gasteiger charge is 2.12. The Morgan fingerprint density at radius 3 is 2.90 bits per heavy atom. The third-order valence-corrected chi connectivity index (χ3v) is 4.21. The minimum Gasteiger partial charge on any atom is -0.465 e. The number of ether oxygens (including phenoxy) is 1. The van der Waals surface area contributed by atoms with E-state index in [-0.39, 0.29) is 12.5 Å². The van der Waals surface area contributed by atoms with Crippen LogP contribution in [0.5, 0.6) is 0 Å². The molecule has 3 rings (SSSR count). The highest BCUT2D eigenvalue weighted by atomic mass is 35.5. The van der Waals surface area contributed by atoms with Crippen molar-refractivity contribution in [3.63, 3.8) is 0 Å². The number of carbonyl (C=O) groups excluding carboxylic acids is 1. The Morgan fingerprint density at radius 1 is 1.31 bits per heavy atom. The average Bonchev–Trinajstić information content (AvgIpc) is 3.11. The molecule has 0 aliphatic rings. The number of halogens is 1. The van der Waals surface area contributed by atoms with Gasteiger partial charge in [-0.25, -0.2) is 9.97 Å². The lowest BCUT2D eigenvalue weighted by molar-refractivity contribution is -0.144. The van der Waals surface area contributed by atoms with Crippen molar-refractivity contribution in [2.24, 2.45) is 0 Å². The molecule has 0 aliphatic heterocycles. The number of rotatable bonds is 8. The van der Waals surface area contributed by atoms with Gasteiger partial charge in [-0.1, -0.05) is 23.7 Å². The molecular formula is C20H23ClN6O2. The van der Waals surface area contributed by atoms with Crippen molar-refractivity contribution in [1.29, 1.82) is 0 Å². The largest absolute Gasteiger partial charge is 0.465 e. The van der Waals surface area contributed by atoms with Crippen LogP contribution in [0.2, 0.25) is 5.02 Å². The van der Waals surface area contributed by atoms with Gasteiger partial charge in [-0.2, -0.15) is 5.10 Å². The minimum atomic E-state index is -0.351. The van der Waals surface area contributed by atoms with E-state index in [0.29, 0.717) is 28.8 Å².